The van der Waals surface area contributed by atoms with Gasteiger partial charge in [-0.1, -0.05) is 58.4 Å². The second-order valence-electron chi connectivity index (χ2n) is 8.35. The molecular formula is C24H31BrN2O2S. The number of nitrogens with one attached hydrogen (secondary N) is 1. The van der Waals surface area contributed by atoms with Crippen LogP contribution in [-0.2, 0) is 21.9 Å². The zero-order chi connectivity index (χ0) is 22.1. The minimum Gasteiger partial charge on any atom is -0.350 e. The first-order valence-corrected chi connectivity index (χ1v) is 12.1. The van der Waals surface area contributed by atoms with Gasteiger partial charge in [0.2, 0.25) is 11.8 Å². The third-order valence-corrected chi connectivity index (χ3v) is 6.00. The van der Waals surface area contributed by atoms with Gasteiger partial charge >= 0.3 is 0 Å². The molecule has 2 aromatic carbocycles. The molecule has 0 fully saturated rings. The predicted molar refractivity (Wildman–Crippen MR) is 129 cm³/mol. The first-order chi connectivity index (χ1) is 14.2. The Bertz CT molecular complexity index is 837. The Morgan fingerprint density at radius 3 is 2.37 bits per heavy atom. The van der Waals surface area contributed by atoms with Gasteiger partial charge in [0.1, 0.15) is 6.04 Å². The van der Waals surface area contributed by atoms with E-state index in [-0.39, 0.29) is 17.4 Å². The number of rotatable bonds is 9. The van der Waals surface area contributed by atoms with Crippen LogP contribution >= 0.6 is 27.7 Å². The van der Waals surface area contributed by atoms with Crippen LogP contribution in [0.15, 0.2) is 59.1 Å². The highest BCUT2D eigenvalue weighted by Gasteiger charge is 2.28. The summed E-state index contributed by atoms with van der Waals surface area (Å²) in [6.45, 7) is 8.03. The van der Waals surface area contributed by atoms with Gasteiger partial charge in [-0.05, 0) is 51.0 Å². The molecular weight excluding hydrogens is 460 g/mol. The van der Waals surface area contributed by atoms with Crippen molar-refractivity contribution < 1.29 is 9.59 Å². The molecule has 0 bridgehead atoms. The third kappa shape index (κ3) is 8.52. The van der Waals surface area contributed by atoms with Gasteiger partial charge in [-0.2, -0.15) is 11.8 Å². The standard InChI is InChI=1S/C24H31BrN2O2S/c1-18(23(29)26-24(2,3)4)27(16-20-11-8-12-21(25)15-20)22(28)13-14-30-17-19-9-6-5-7-10-19/h5-12,15,18H,13-14,16-17H2,1-4H3,(H,26,29)/t18-/m1/s1. The Morgan fingerprint density at radius 1 is 1.07 bits per heavy atom. The van der Waals surface area contributed by atoms with Crippen LogP contribution in [0.1, 0.15) is 45.2 Å². The molecule has 2 rings (SSSR count). The lowest BCUT2D eigenvalue weighted by atomic mass is 10.1. The zero-order valence-corrected chi connectivity index (χ0v) is 20.6. The molecule has 4 nitrogen and oxygen atoms in total. The van der Waals surface area contributed by atoms with Crippen molar-refractivity contribution in [3.05, 3.63) is 70.2 Å². The maximum Gasteiger partial charge on any atom is 0.242 e. The van der Waals surface area contributed by atoms with Crippen molar-refractivity contribution in [3.63, 3.8) is 0 Å². The molecule has 6 heteroatoms. The SMILES string of the molecule is C[C@H](C(=O)NC(C)(C)C)N(Cc1cccc(Br)c1)C(=O)CCSCc1ccccc1. The Morgan fingerprint density at radius 2 is 1.73 bits per heavy atom. The minimum atomic E-state index is -0.546. The summed E-state index contributed by atoms with van der Waals surface area (Å²) in [5.74, 6) is 1.45. The average molecular weight is 491 g/mol. The number of carbonyl (C=O) groups excluding carboxylic acids is 2. The molecule has 0 saturated carbocycles. The van der Waals surface area contributed by atoms with Crippen LogP contribution in [-0.4, -0.2) is 34.0 Å². The normalized spacial score (nSPS) is 12.3. The molecule has 0 unspecified atom stereocenters. The number of carbonyl (C=O) groups is 2. The average Bonchev–Trinajstić information content (AvgIpc) is 2.68. The van der Waals surface area contributed by atoms with E-state index in [9.17, 15) is 9.59 Å². The quantitative estimate of drug-likeness (QED) is 0.478. The van der Waals surface area contributed by atoms with E-state index in [1.165, 1.54) is 5.56 Å². The van der Waals surface area contributed by atoms with Gasteiger partial charge in [-0.25, -0.2) is 0 Å². The van der Waals surface area contributed by atoms with E-state index in [0.717, 1.165) is 21.5 Å². The number of amides is 2. The van der Waals surface area contributed by atoms with Crippen LogP contribution in [0.2, 0.25) is 0 Å². The van der Waals surface area contributed by atoms with Crippen molar-refractivity contribution >= 4 is 39.5 Å². The summed E-state index contributed by atoms with van der Waals surface area (Å²) in [5.41, 5.74) is 1.89. The Labute approximate surface area is 192 Å². The summed E-state index contributed by atoms with van der Waals surface area (Å²) in [6.07, 6.45) is 0.401. The summed E-state index contributed by atoms with van der Waals surface area (Å²) >= 11 is 5.22. The summed E-state index contributed by atoms with van der Waals surface area (Å²) in [6, 6.07) is 17.5. The molecule has 0 aromatic heterocycles. The van der Waals surface area contributed by atoms with Gasteiger partial charge in [0, 0.05) is 34.5 Å². The number of halogens is 1. The Kier molecular flexibility index (Phi) is 9.43. The van der Waals surface area contributed by atoms with Crippen molar-refractivity contribution in [2.75, 3.05) is 5.75 Å². The van der Waals surface area contributed by atoms with E-state index >= 15 is 0 Å². The topological polar surface area (TPSA) is 49.4 Å². The highest BCUT2D eigenvalue weighted by molar-refractivity contribution is 9.10. The lowest BCUT2D eigenvalue weighted by Crippen LogP contribution is -2.52. The second-order valence-corrected chi connectivity index (χ2v) is 10.4. The van der Waals surface area contributed by atoms with Crippen LogP contribution in [0.4, 0.5) is 0 Å². The van der Waals surface area contributed by atoms with E-state index < -0.39 is 6.04 Å². The smallest absolute Gasteiger partial charge is 0.242 e. The summed E-state index contributed by atoms with van der Waals surface area (Å²) < 4.78 is 0.956. The van der Waals surface area contributed by atoms with E-state index in [4.69, 9.17) is 0 Å². The molecule has 0 aliphatic carbocycles. The molecule has 0 aliphatic heterocycles. The monoisotopic (exact) mass is 490 g/mol. The summed E-state index contributed by atoms with van der Waals surface area (Å²) in [5, 5.41) is 2.99. The fourth-order valence-corrected chi connectivity index (χ4v) is 4.29. The van der Waals surface area contributed by atoms with Gasteiger partial charge in [0.05, 0.1) is 0 Å². The lowest BCUT2D eigenvalue weighted by Gasteiger charge is -2.31. The number of thioether (sulfide) groups is 1. The highest BCUT2D eigenvalue weighted by atomic mass is 79.9. The van der Waals surface area contributed by atoms with Gasteiger partial charge in [-0.15, -0.1) is 0 Å². The Balaban J connectivity index is 2.03. The number of hydrogen-bond donors (Lipinski definition) is 1. The van der Waals surface area contributed by atoms with E-state index in [1.54, 1.807) is 23.6 Å². The molecule has 0 aliphatic rings. The number of hydrogen-bond acceptors (Lipinski definition) is 3. The number of nitrogens with zero attached hydrogens (tertiary/aromatic N) is 1. The van der Waals surface area contributed by atoms with Crippen LogP contribution < -0.4 is 5.32 Å². The minimum absolute atomic E-state index is 0.00732. The second kappa shape index (κ2) is 11.6. The fourth-order valence-electron chi connectivity index (χ4n) is 2.96. The first kappa shape index (κ1) is 24.5. The maximum atomic E-state index is 13.1. The van der Waals surface area contributed by atoms with Crippen LogP contribution in [0, 0.1) is 0 Å². The molecule has 162 valence electrons. The van der Waals surface area contributed by atoms with E-state index in [2.05, 4.69) is 33.4 Å². The van der Waals surface area contributed by atoms with Crippen LogP contribution in [0.5, 0.6) is 0 Å². The molecule has 1 N–H and O–H groups in total. The first-order valence-electron chi connectivity index (χ1n) is 10.1. The van der Waals surface area contributed by atoms with E-state index in [1.807, 2.05) is 63.2 Å². The fraction of sp³-hybridized carbons (Fsp3) is 0.417. The summed E-state index contributed by atoms with van der Waals surface area (Å²) in [7, 11) is 0. The molecule has 0 heterocycles. The predicted octanol–water partition coefficient (Wildman–Crippen LogP) is 5.40. The van der Waals surface area contributed by atoms with Crippen molar-refractivity contribution in [1.29, 1.82) is 0 Å². The molecule has 30 heavy (non-hydrogen) atoms. The molecule has 2 aromatic rings. The third-order valence-electron chi connectivity index (χ3n) is 4.48. The van der Waals surface area contributed by atoms with Gasteiger partial charge in [0.25, 0.3) is 0 Å². The molecule has 0 spiro atoms. The van der Waals surface area contributed by atoms with Crippen LogP contribution in [0.25, 0.3) is 0 Å². The van der Waals surface area contributed by atoms with Crippen molar-refractivity contribution in [1.82, 2.24) is 10.2 Å². The maximum absolute atomic E-state index is 13.1. The summed E-state index contributed by atoms with van der Waals surface area (Å²) in [4.78, 5) is 27.5. The molecule has 0 saturated heterocycles. The van der Waals surface area contributed by atoms with Gasteiger partial charge < -0.3 is 10.2 Å². The number of benzene rings is 2. The molecule has 0 radical (unpaired) electrons. The van der Waals surface area contributed by atoms with Gasteiger partial charge in [-0.3, -0.25) is 9.59 Å². The zero-order valence-electron chi connectivity index (χ0n) is 18.2. The largest absolute Gasteiger partial charge is 0.350 e. The van der Waals surface area contributed by atoms with Crippen LogP contribution in [0.3, 0.4) is 0 Å². The van der Waals surface area contributed by atoms with Crippen molar-refractivity contribution in [3.8, 4) is 0 Å². The lowest BCUT2D eigenvalue weighted by molar-refractivity contribution is -0.140. The highest BCUT2D eigenvalue weighted by Crippen LogP contribution is 2.18. The van der Waals surface area contributed by atoms with E-state index in [0.29, 0.717) is 13.0 Å². The Hall–Kier alpha value is -1.79. The molecule has 1 atom stereocenters. The van der Waals surface area contributed by atoms with Gasteiger partial charge in [0.15, 0.2) is 0 Å². The molecule has 2 amide bonds. The van der Waals surface area contributed by atoms with Crippen molar-refractivity contribution in [2.45, 2.75) is 58.0 Å². The van der Waals surface area contributed by atoms with Crippen molar-refractivity contribution in [2.24, 2.45) is 0 Å².